The van der Waals surface area contributed by atoms with Crippen molar-refractivity contribution in [2.24, 2.45) is 16.9 Å². The lowest BCUT2D eigenvalue weighted by Crippen LogP contribution is -2.45. The Hall–Kier alpha value is -2.08. The first-order chi connectivity index (χ1) is 9.71. The van der Waals surface area contributed by atoms with E-state index in [1.54, 1.807) is 24.3 Å². The van der Waals surface area contributed by atoms with Gasteiger partial charge in [0.05, 0.1) is 24.8 Å². The monoisotopic (exact) mass is 293 g/mol. The first-order valence-electron chi connectivity index (χ1n) is 6.78. The van der Waals surface area contributed by atoms with Crippen LogP contribution in [0.5, 0.6) is 5.75 Å². The van der Waals surface area contributed by atoms with Gasteiger partial charge in [0, 0.05) is 0 Å². The second kappa shape index (κ2) is 7.08. The number of benzene rings is 1. The van der Waals surface area contributed by atoms with Gasteiger partial charge in [0.15, 0.2) is 0 Å². The molecule has 2 amide bonds. The Kier molecular flexibility index (Phi) is 5.72. The van der Waals surface area contributed by atoms with Crippen LogP contribution in [0.2, 0.25) is 0 Å². The second-order valence-corrected chi connectivity index (χ2v) is 5.89. The van der Waals surface area contributed by atoms with E-state index in [1.807, 2.05) is 20.8 Å². The number of nitrogens with one attached hydrogen (secondary N) is 1. The van der Waals surface area contributed by atoms with Gasteiger partial charge in [-0.1, -0.05) is 32.9 Å². The van der Waals surface area contributed by atoms with E-state index in [9.17, 15) is 9.59 Å². The van der Waals surface area contributed by atoms with Crippen molar-refractivity contribution in [3.8, 4) is 5.75 Å². The Balaban J connectivity index is 2.75. The second-order valence-electron chi connectivity index (χ2n) is 5.89. The number of anilines is 1. The lowest BCUT2D eigenvalue weighted by atomic mass is 9.87. The standard InChI is InChI=1S/C15H23N3O3/c1-15(2,3)13(17)14(20)18-10-6-4-5-7-11(10)21-9-8-12(16)19/h4-7,13H,8-9,17H2,1-3H3,(H2,16,19)(H,18,20). The van der Waals surface area contributed by atoms with Crippen molar-refractivity contribution in [2.75, 3.05) is 11.9 Å². The zero-order valence-electron chi connectivity index (χ0n) is 12.7. The fourth-order valence-electron chi connectivity index (χ4n) is 1.56. The molecule has 0 aliphatic rings. The molecule has 0 aliphatic carbocycles. The van der Waals surface area contributed by atoms with Gasteiger partial charge in [0.2, 0.25) is 11.8 Å². The van der Waals surface area contributed by atoms with Crippen LogP contribution in [0.1, 0.15) is 27.2 Å². The topological polar surface area (TPSA) is 107 Å². The van der Waals surface area contributed by atoms with Crippen molar-refractivity contribution >= 4 is 17.5 Å². The molecule has 6 nitrogen and oxygen atoms in total. The Morgan fingerprint density at radius 3 is 2.48 bits per heavy atom. The summed E-state index contributed by atoms with van der Waals surface area (Å²) in [6, 6.07) is 6.33. The number of nitrogens with two attached hydrogens (primary N) is 2. The molecule has 0 fully saturated rings. The molecule has 21 heavy (non-hydrogen) atoms. The van der Waals surface area contributed by atoms with E-state index < -0.39 is 11.9 Å². The summed E-state index contributed by atoms with van der Waals surface area (Å²) in [5.41, 5.74) is 11.2. The van der Waals surface area contributed by atoms with Gasteiger partial charge >= 0.3 is 0 Å². The number of hydrogen-bond acceptors (Lipinski definition) is 4. The van der Waals surface area contributed by atoms with Crippen molar-refractivity contribution in [3.05, 3.63) is 24.3 Å². The number of carbonyl (C=O) groups is 2. The maximum atomic E-state index is 12.1. The van der Waals surface area contributed by atoms with Crippen LogP contribution in [-0.2, 0) is 9.59 Å². The minimum atomic E-state index is -0.642. The number of rotatable bonds is 6. The van der Waals surface area contributed by atoms with Gasteiger partial charge < -0.3 is 21.5 Å². The third-order valence-corrected chi connectivity index (χ3v) is 2.97. The molecule has 0 radical (unpaired) electrons. The first-order valence-corrected chi connectivity index (χ1v) is 6.78. The molecule has 1 unspecified atom stereocenters. The molecule has 1 atom stereocenters. The number of amides is 2. The minimum absolute atomic E-state index is 0.115. The van der Waals surface area contributed by atoms with Gasteiger partial charge in [-0.3, -0.25) is 9.59 Å². The van der Waals surface area contributed by atoms with E-state index in [0.29, 0.717) is 11.4 Å². The highest BCUT2D eigenvalue weighted by atomic mass is 16.5. The molecule has 6 heteroatoms. The van der Waals surface area contributed by atoms with Crippen molar-refractivity contribution in [3.63, 3.8) is 0 Å². The fourth-order valence-corrected chi connectivity index (χ4v) is 1.56. The van der Waals surface area contributed by atoms with E-state index in [-0.39, 0.29) is 24.3 Å². The molecule has 5 N–H and O–H groups in total. The van der Waals surface area contributed by atoms with Crippen LogP contribution in [0, 0.1) is 5.41 Å². The summed E-state index contributed by atoms with van der Waals surface area (Å²) >= 11 is 0. The van der Waals surface area contributed by atoms with Crippen molar-refractivity contribution in [1.82, 2.24) is 0 Å². The van der Waals surface area contributed by atoms with Crippen LogP contribution < -0.4 is 21.5 Å². The summed E-state index contributed by atoms with van der Waals surface area (Å²) in [4.78, 5) is 22.8. The largest absolute Gasteiger partial charge is 0.491 e. The van der Waals surface area contributed by atoms with E-state index in [0.717, 1.165) is 0 Å². The molecule has 1 aromatic rings. The van der Waals surface area contributed by atoms with E-state index in [2.05, 4.69) is 5.32 Å². The summed E-state index contributed by atoms with van der Waals surface area (Å²) in [6.45, 7) is 5.85. The van der Waals surface area contributed by atoms with Gasteiger partial charge in [-0.15, -0.1) is 0 Å². The molecule has 0 heterocycles. The van der Waals surface area contributed by atoms with Crippen LogP contribution in [0.15, 0.2) is 24.3 Å². The number of hydrogen-bond donors (Lipinski definition) is 3. The zero-order chi connectivity index (χ0) is 16.0. The third-order valence-electron chi connectivity index (χ3n) is 2.97. The Labute approximate surface area is 124 Å². The summed E-state index contributed by atoms with van der Waals surface area (Å²) in [7, 11) is 0. The SMILES string of the molecule is CC(C)(C)C(N)C(=O)Nc1ccccc1OCCC(N)=O. The third kappa shape index (κ3) is 5.43. The van der Waals surface area contributed by atoms with Crippen molar-refractivity contribution in [2.45, 2.75) is 33.2 Å². The predicted octanol–water partition coefficient (Wildman–Crippen LogP) is 1.25. The quantitative estimate of drug-likeness (QED) is 0.733. The predicted molar refractivity (Wildman–Crippen MR) is 81.8 cm³/mol. The van der Waals surface area contributed by atoms with Gasteiger partial charge in [0.1, 0.15) is 5.75 Å². The summed E-state index contributed by atoms with van der Waals surface area (Å²) < 4.78 is 5.46. The minimum Gasteiger partial charge on any atom is -0.491 e. The number of para-hydroxylation sites is 2. The molecule has 0 aromatic heterocycles. The van der Waals surface area contributed by atoms with Crippen LogP contribution in [-0.4, -0.2) is 24.5 Å². The molecule has 0 spiro atoms. The Bertz CT molecular complexity index is 509. The lowest BCUT2D eigenvalue weighted by Gasteiger charge is -2.26. The molecular weight excluding hydrogens is 270 g/mol. The maximum Gasteiger partial charge on any atom is 0.241 e. The molecule has 0 aliphatic heterocycles. The average molecular weight is 293 g/mol. The number of primary amides is 1. The van der Waals surface area contributed by atoms with Gasteiger partial charge in [-0.05, 0) is 17.5 Å². The van der Waals surface area contributed by atoms with Crippen LogP contribution in [0.4, 0.5) is 5.69 Å². The smallest absolute Gasteiger partial charge is 0.241 e. The highest BCUT2D eigenvalue weighted by molar-refractivity contribution is 5.96. The van der Waals surface area contributed by atoms with Crippen LogP contribution >= 0.6 is 0 Å². The summed E-state index contributed by atoms with van der Waals surface area (Å²) in [5, 5.41) is 2.75. The molecule has 116 valence electrons. The summed E-state index contributed by atoms with van der Waals surface area (Å²) in [6.07, 6.45) is 0.115. The number of ether oxygens (including phenoxy) is 1. The Morgan fingerprint density at radius 1 is 1.29 bits per heavy atom. The van der Waals surface area contributed by atoms with E-state index in [1.165, 1.54) is 0 Å². The highest BCUT2D eigenvalue weighted by Crippen LogP contribution is 2.25. The van der Waals surface area contributed by atoms with Crippen molar-refractivity contribution in [1.29, 1.82) is 0 Å². The summed E-state index contributed by atoms with van der Waals surface area (Å²) in [5.74, 6) is -0.243. The zero-order valence-corrected chi connectivity index (χ0v) is 12.7. The van der Waals surface area contributed by atoms with Gasteiger partial charge in [-0.25, -0.2) is 0 Å². The normalized spacial score (nSPS) is 12.6. The molecule has 0 saturated carbocycles. The van der Waals surface area contributed by atoms with Crippen LogP contribution in [0.25, 0.3) is 0 Å². The van der Waals surface area contributed by atoms with E-state index >= 15 is 0 Å². The highest BCUT2D eigenvalue weighted by Gasteiger charge is 2.27. The molecule has 1 rings (SSSR count). The average Bonchev–Trinajstić information content (AvgIpc) is 2.38. The molecule has 0 bridgehead atoms. The lowest BCUT2D eigenvalue weighted by molar-refractivity contribution is -0.120. The molecule has 1 aromatic carbocycles. The number of carbonyl (C=O) groups excluding carboxylic acids is 2. The Morgan fingerprint density at radius 2 is 1.90 bits per heavy atom. The van der Waals surface area contributed by atoms with Gasteiger partial charge in [-0.2, -0.15) is 0 Å². The van der Waals surface area contributed by atoms with Crippen LogP contribution in [0.3, 0.4) is 0 Å². The van der Waals surface area contributed by atoms with Crippen molar-refractivity contribution < 1.29 is 14.3 Å². The molecule has 0 saturated heterocycles. The first kappa shape index (κ1) is 17.0. The van der Waals surface area contributed by atoms with E-state index in [4.69, 9.17) is 16.2 Å². The fraction of sp³-hybridized carbons (Fsp3) is 0.467. The maximum absolute atomic E-state index is 12.1. The molecular formula is C15H23N3O3. The van der Waals surface area contributed by atoms with Gasteiger partial charge in [0.25, 0.3) is 0 Å².